The Morgan fingerprint density at radius 2 is 1.93 bits per heavy atom. The Morgan fingerprint density at radius 3 is 2.71 bits per heavy atom. The largest absolute Gasteiger partial charge is 0.328 e. The molecular formula is C23H23N3OS. The van der Waals surface area contributed by atoms with Gasteiger partial charge in [-0.2, -0.15) is 0 Å². The minimum Gasteiger partial charge on any atom is -0.328 e. The molecule has 2 heterocycles. The molecule has 1 fully saturated rings. The third-order valence-electron chi connectivity index (χ3n) is 5.72. The fourth-order valence-corrected chi connectivity index (χ4v) is 5.23. The van der Waals surface area contributed by atoms with E-state index < -0.39 is 0 Å². The Bertz CT molecular complexity index is 1010. The summed E-state index contributed by atoms with van der Waals surface area (Å²) in [5, 5.41) is 0.821. The molecule has 5 heteroatoms. The van der Waals surface area contributed by atoms with Crippen LogP contribution in [0.3, 0.4) is 0 Å². The van der Waals surface area contributed by atoms with Crippen molar-refractivity contribution in [2.45, 2.75) is 51.1 Å². The van der Waals surface area contributed by atoms with Gasteiger partial charge in [0, 0.05) is 12.2 Å². The van der Waals surface area contributed by atoms with Gasteiger partial charge in [0.05, 0.1) is 17.4 Å². The maximum atomic E-state index is 13.7. The fraction of sp³-hybridized carbons (Fsp3) is 0.348. The minimum atomic E-state index is 0.140. The Hall–Kier alpha value is -2.53. The molecule has 0 N–H and O–H groups in total. The van der Waals surface area contributed by atoms with Crippen LogP contribution >= 0.6 is 11.3 Å². The van der Waals surface area contributed by atoms with E-state index in [1.54, 1.807) is 6.20 Å². The number of fused-ring (bicyclic) bond motifs is 1. The van der Waals surface area contributed by atoms with Crippen molar-refractivity contribution in [3.05, 3.63) is 70.4 Å². The molecule has 3 aromatic rings. The number of aromatic nitrogens is 2. The molecule has 0 bridgehead atoms. The highest BCUT2D eigenvalue weighted by Crippen LogP contribution is 2.42. The first kappa shape index (κ1) is 17.6. The minimum absolute atomic E-state index is 0.140. The molecule has 1 unspecified atom stereocenters. The molecular weight excluding hydrogens is 366 g/mol. The predicted molar refractivity (Wildman–Crippen MR) is 111 cm³/mol. The molecule has 2 aromatic heterocycles. The van der Waals surface area contributed by atoms with Crippen molar-refractivity contribution in [1.82, 2.24) is 14.9 Å². The second kappa shape index (κ2) is 7.13. The van der Waals surface area contributed by atoms with Gasteiger partial charge in [-0.25, -0.2) is 4.98 Å². The Morgan fingerprint density at radius 1 is 1.11 bits per heavy atom. The Kier molecular flexibility index (Phi) is 4.47. The molecule has 1 atom stereocenters. The summed E-state index contributed by atoms with van der Waals surface area (Å²) in [5.74, 6) is 0.140. The average Bonchev–Trinajstić information content (AvgIpc) is 3.49. The van der Waals surface area contributed by atoms with Crippen molar-refractivity contribution in [2.24, 2.45) is 0 Å². The van der Waals surface area contributed by atoms with Crippen LogP contribution in [0.15, 0.2) is 48.7 Å². The van der Waals surface area contributed by atoms with Crippen molar-refractivity contribution >= 4 is 17.2 Å². The lowest BCUT2D eigenvalue weighted by atomic mass is 9.86. The van der Waals surface area contributed by atoms with Gasteiger partial charge in [0.15, 0.2) is 0 Å². The highest BCUT2D eigenvalue weighted by atomic mass is 32.1. The standard InChI is InChI=1S/C23H23N3OS/c1-15-21(28-22(25-15)19-10-4-5-14-24-19)23(27)26(17-12-13-17)20-11-6-8-16-7-2-3-9-18(16)20/h2-5,7,9-10,14,17,20H,6,8,11-13H2,1H3. The lowest BCUT2D eigenvalue weighted by molar-refractivity contribution is 0.0642. The fourth-order valence-electron chi connectivity index (χ4n) is 4.24. The van der Waals surface area contributed by atoms with Crippen molar-refractivity contribution in [2.75, 3.05) is 0 Å². The van der Waals surface area contributed by atoms with Crippen LogP contribution in [0.25, 0.3) is 10.7 Å². The van der Waals surface area contributed by atoms with E-state index in [9.17, 15) is 4.79 Å². The Balaban J connectivity index is 1.51. The highest BCUT2D eigenvalue weighted by molar-refractivity contribution is 7.17. The molecule has 2 aliphatic carbocycles. The summed E-state index contributed by atoms with van der Waals surface area (Å²) in [7, 11) is 0. The second-order valence-corrected chi connectivity index (χ2v) is 8.70. The number of pyridine rings is 1. The summed E-state index contributed by atoms with van der Waals surface area (Å²) < 4.78 is 0. The molecule has 142 valence electrons. The van der Waals surface area contributed by atoms with Crippen LogP contribution in [0, 0.1) is 6.92 Å². The SMILES string of the molecule is Cc1nc(-c2ccccn2)sc1C(=O)N(C1CC1)C1CCCc2ccccc21. The van der Waals surface area contributed by atoms with E-state index in [0.29, 0.717) is 6.04 Å². The van der Waals surface area contributed by atoms with Crippen molar-refractivity contribution in [1.29, 1.82) is 0 Å². The smallest absolute Gasteiger partial charge is 0.266 e. The Labute approximate surface area is 169 Å². The number of aryl methyl sites for hydroxylation is 2. The van der Waals surface area contributed by atoms with Gasteiger partial charge >= 0.3 is 0 Å². The zero-order chi connectivity index (χ0) is 19.1. The van der Waals surface area contributed by atoms with Gasteiger partial charge in [0.25, 0.3) is 5.91 Å². The number of nitrogens with zero attached hydrogens (tertiary/aromatic N) is 3. The number of carbonyl (C=O) groups is 1. The van der Waals surface area contributed by atoms with Crippen molar-refractivity contribution < 1.29 is 4.79 Å². The van der Waals surface area contributed by atoms with Crippen molar-refractivity contribution in [3.8, 4) is 10.7 Å². The summed E-state index contributed by atoms with van der Waals surface area (Å²) in [6.07, 6.45) is 7.28. The maximum absolute atomic E-state index is 13.7. The number of hydrogen-bond donors (Lipinski definition) is 0. The molecule has 2 aliphatic rings. The first-order valence-electron chi connectivity index (χ1n) is 10.0. The van der Waals surface area contributed by atoms with E-state index in [0.717, 1.165) is 53.4 Å². The number of thiazole rings is 1. The zero-order valence-corrected chi connectivity index (χ0v) is 16.8. The summed E-state index contributed by atoms with van der Waals surface area (Å²) in [5.41, 5.74) is 4.37. The zero-order valence-electron chi connectivity index (χ0n) is 16.0. The molecule has 1 saturated carbocycles. The topological polar surface area (TPSA) is 46.1 Å². The van der Waals surface area contributed by atoms with E-state index in [1.807, 2.05) is 25.1 Å². The lowest BCUT2D eigenvalue weighted by Gasteiger charge is -2.36. The quantitative estimate of drug-likeness (QED) is 0.616. The van der Waals surface area contributed by atoms with Gasteiger partial charge in [0.1, 0.15) is 9.88 Å². The molecule has 28 heavy (non-hydrogen) atoms. The van der Waals surface area contributed by atoms with E-state index >= 15 is 0 Å². The van der Waals surface area contributed by atoms with Gasteiger partial charge in [0.2, 0.25) is 0 Å². The summed E-state index contributed by atoms with van der Waals surface area (Å²) in [4.78, 5) is 25.7. The summed E-state index contributed by atoms with van der Waals surface area (Å²) in [6, 6.07) is 15.0. The van der Waals surface area contributed by atoms with Crippen LogP contribution < -0.4 is 0 Å². The predicted octanol–water partition coefficient (Wildman–Crippen LogP) is 5.20. The third kappa shape index (κ3) is 3.14. The number of benzene rings is 1. The van der Waals surface area contributed by atoms with Crippen LogP contribution in [-0.4, -0.2) is 26.8 Å². The molecule has 4 nitrogen and oxygen atoms in total. The maximum Gasteiger partial charge on any atom is 0.266 e. The van der Waals surface area contributed by atoms with E-state index in [2.05, 4.69) is 39.1 Å². The number of amides is 1. The van der Waals surface area contributed by atoms with Crippen molar-refractivity contribution in [3.63, 3.8) is 0 Å². The molecule has 1 aromatic carbocycles. The number of rotatable bonds is 4. The van der Waals surface area contributed by atoms with Crippen LogP contribution in [0.2, 0.25) is 0 Å². The van der Waals surface area contributed by atoms with Gasteiger partial charge in [-0.05, 0) is 62.3 Å². The van der Waals surface area contributed by atoms with Gasteiger partial charge < -0.3 is 4.90 Å². The van der Waals surface area contributed by atoms with E-state index in [4.69, 9.17) is 0 Å². The number of carbonyl (C=O) groups excluding carboxylic acids is 1. The molecule has 0 saturated heterocycles. The molecule has 5 rings (SSSR count). The van der Waals surface area contributed by atoms with Gasteiger partial charge in [-0.1, -0.05) is 30.3 Å². The van der Waals surface area contributed by atoms with Crippen LogP contribution in [-0.2, 0) is 6.42 Å². The lowest BCUT2D eigenvalue weighted by Crippen LogP contribution is -2.38. The monoisotopic (exact) mass is 389 g/mol. The first-order valence-corrected chi connectivity index (χ1v) is 10.8. The average molecular weight is 390 g/mol. The van der Waals surface area contributed by atoms with E-state index in [1.165, 1.54) is 22.5 Å². The van der Waals surface area contributed by atoms with Crippen LogP contribution in [0.4, 0.5) is 0 Å². The van der Waals surface area contributed by atoms with Gasteiger partial charge in [-0.15, -0.1) is 11.3 Å². The number of hydrogen-bond acceptors (Lipinski definition) is 4. The second-order valence-electron chi connectivity index (χ2n) is 7.70. The molecule has 0 aliphatic heterocycles. The molecule has 0 radical (unpaired) electrons. The van der Waals surface area contributed by atoms with Crippen LogP contribution in [0.1, 0.15) is 58.2 Å². The summed E-state index contributed by atoms with van der Waals surface area (Å²) in [6.45, 7) is 1.94. The van der Waals surface area contributed by atoms with E-state index in [-0.39, 0.29) is 11.9 Å². The first-order chi connectivity index (χ1) is 13.7. The van der Waals surface area contributed by atoms with Gasteiger partial charge in [-0.3, -0.25) is 9.78 Å². The van der Waals surface area contributed by atoms with Crippen LogP contribution in [0.5, 0.6) is 0 Å². The highest BCUT2D eigenvalue weighted by Gasteiger charge is 2.40. The third-order valence-corrected chi connectivity index (χ3v) is 6.89. The molecule has 1 amide bonds. The normalized spacial score (nSPS) is 18.5. The molecule has 0 spiro atoms. The summed E-state index contributed by atoms with van der Waals surface area (Å²) >= 11 is 1.47.